The van der Waals surface area contributed by atoms with E-state index in [1.807, 2.05) is 18.2 Å². The fourth-order valence-corrected chi connectivity index (χ4v) is 3.99. The minimum absolute atomic E-state index is 0.0979. The summed E-state index contributed by atoms with van der Waals surface area (Å²) in [6, 6.07) is 5.56. The fraction of sp³-hybridized carbons (Fsp3) is 0.467. The van der Waals surface area contributed by atoms with Gasteiger partial charge in [0.2, 0.25) is 10.0 Å². The molecule has 0 amide bonds. The third-order valence-electron chi connectivity index (χ3n) is 3.19. The number of ether oxygens (including phenoxy) is 2. The first-order valence-electron chi connectivity index (χ1n) is 7.62. The number of aryl methyl sites for hydroxylation is 2. The molecule has 2 rings (SSSR count). The summed E-state index contributed by atoms with van der Waals surface area (Å²) in [6.45, 7) is 2.65. The summed E-state index contributed by atoms with van der Waals surface area (Å²) in [5, 5.41) is 5.74. The number of pyridine rings is 1. The van der Waals surface area contributed by atoms with E-state index >= 15 is 0 Å². The monoisotopic (exact) mass is 386 g/mol. The molecular weight excluding hydrogens is 364 g/mol. The summed E-state index contributed by atoms with van der Waals surface area (Å²) in [4.78, 5) is 4.25. The van der Waals surface area contributed by atoms with Crippen molar-refractivity contribution in [2.75, 3.05) is 37.4 Å². The summed E-state index contributed by atoms with van der Waals surface area (Å²) >= 11 is 1.35. The van der Waals surface area contributed by atoms with E-state index in [1.54, 1.807) is 32.0 Å². The van der Waals surface area contributed by atoms with Gasteiger partial charge >= 0.3 is 0 Å². The molecule has 0 radical (unpaired) electrons. The van der Waals surface area contributed by atoms with Crippen LogP contribution in [0.1, 0.15) is 5.69 Å². The Bertz CT molecular complexity index is 778. The van der Waals surface area contributed by atoms with Gasteiger partial charge in [-0.2, -0.15) is 5.10 Å². The maximum atomic E-state index is 12.3. The largest absolute Gasteiger partial charge is 0.382 e. The van der Waals surface area contributed by atoms with Gasteiger partial charge in [0.05, 0.1) is 31.3 Å². The molecule has 0 unspecified atom stereocenters. The van der Waals surface area contributed by atoms with Crippen LogP contribution in [0.25, 0.3) is 0 Å². The lowest BCUT2D eigenvalue weighted by atomic mass is 10.4. The van der Waals surface area contributed by atoms with Crippen LogP contribution in [-0.2, 0) is 26.5 Å². The Morgan fingerprint density at radius 3 is 2.76 bits per heavy atom. The fourth-order valence-electron chi connectivity index (χ4n) is 2.00. The molecule has 8 nitrogen and oxygen atoms in total. The smallest absolute Gasteiger partial charge is 0.235 e. The zero-order valence-corrected chi connectivity index (χ0v) is 16.1. The van der Waals surface area contributed by atoms with E-state index in [0.717, 1.165) is 5.03 Å². The molecule has 0 aliphatic heterocycles. The number of hydrogen-bond donors (Lipinski definition) is 1. The SMILES string of the molecule is COCCOCCS(=O)(=O)Nc1c(C)nn(C)c1Sc1ccccn1. The summed E-state index contributed by atoms with van der Waals surface area (Å²) in [5.41, 5.74) is 1.07. The number of nitrogens with one attached hydrogen (secondary N) is 1. The molecule has 0 aliphatic carbocycles. The van der Waals surface area contributed by atoms with Crippen molar-refractivity contribution in [2.24, 2.45) is 7.05 Å². The van der Waals surface area contributed by atoms with E-state index in [9.17, 15) is 8.42 Å². The lowest BCUT2D eigenvalue weighted by Crippen LogP contribution is -2.21. The highest BCUT2D eigenvalue weighted by molar-refractivity contribution is 7.99. The van der Waals surface area contributed by atoms with E-state index in [2.05, 4.69) is 14.8 Å². The molecule has 2 aromatic heterocycles. The second kappa shape index (κ2) is 9.18. The third-order valence-corrected chi connectivity index (χ3v) is 5.53. The van der Waals surface area contributed by atoms with Crippen molar-refractivity contribution in [1.29, 1.82) is 0 Å². The maximum absolute atomic E-state index is 12.3. The molecule has 2 heterocycles. The standard InChI is InChI=1S/C15H22N4O4S2/c1-12-14(18-25(20,21)11-10-23-9-8-22-3)15(19(2)17-12)24-13-6-4-5-7-16-13/h4-7,18H,8-11H2,1-3H3. The summed E-state index contributed by atoms with van der Waals surface area (Å²) in [7, 11) is -0.218. The van der Waals surface area contributed by atoms with E-state index in [-0.39, 0.29) is 12.4 Å². The van der Waals surface area contributed by atoms with Crippen molar-refractivity contribution in [1.82, 2.24) is 14.8 Å². The Hall–Kier alpha value is -1.62. The Kier molecular flexibility index (Phi) is 7.24. The number of anilines is 1. The number of aromatic nitrogens is 3. The average molecular weight is 386 g/mol. The Morgan fingerprint density at radius 2 is 2.08 bits per heavy atom. The van der Waals surface area contributed by atoms with Crippen LogP contribution in [0.4, 0.5) is 5.69 Å². The Balaban J connectivity index is 2.08. The molecule has 25 heavy (non-hydrogen) atoms. The van der Waals surface area contributed by atoms with E-state index < -0.39 is 10.0 Å². The predicted octanol–water partition coefficient (Wildman–Crippen LogP) is 1.68. The lowest BCUT2D eigenvalue weighted by Gasteiger charge is -2.10. The van der Waals surface area contributed by atoms with Crippen LogP contribution < -0.4 is 4.72 Å². The summed E-state index contributed by atoms with van der Waals surface area (Å²) in [5.74, 6) is -0.140. The number of rotatable bonds is 10. The molecule has 0 saturated heterocycles. The highest BCUT2D eigenvalue weighted by Crippen LogP contribution is 2.34. The number of nitrogens with zero attached hydrogens (tertiary/aromatic N) is 3. The second-order valence-electron chi connectivity index (χ2n) is 5.19. The molecule has 138 valence electrons. The molecular formula is C15H22N4O4S2. The molecule has 0 spiro atoms. The van der Waals surface area contributed by atoms with Gasteiger partial charge in [-0.05, 0) is 30.8 Å². The van der Waals surface area contributed by atoms with Gasteiger partial charge in [-0.15, -0.1) is 0 Å². The van der Waals surface area contributed by atoms with Crippen molar-refractivity contribution >= 4 is 27.5 Å². The zero-order valence-electron chi connectivity index (χ0n) is 14.4. The Labute approximate surface area is 152 Å². The highest BCUT2D eigenvalue weighted by Gasteiger charge is 2.20. The van der Waals surface area contributed by atoms with Crippen LogP contribution in [0.15, 0.2) is 34.4 Å². The van der Waals surface area contributed by atoms with Crippen LogP contribution in [0.2, 0.25) is 0 Å². The van der Waals surface area contributed by atoms with Gasteiger partial charge in [0.15, 0.2) is 0 Å². The zero-order chi connectivity index (χ0) is 18.3. The van der Waals surface area contributed by atoms with Gasteiger partial charge in [-0.25, -0.2) is 13.4 Å². The van der Waals surface area contributed by atoms with Crippen molar-refractivity contribution < 1.29 is 17.9 Å². The predicted molar refractivity (Wildman–Crippen MR) is 96.4 cm³/mol. The van der Waals surface area contributed by atoms with Gasteiger partial charge in [0.25, 0.3) is 0 Å². The van der Waals surface area contributed by atoms with Gasteiger partial charge in [0, 0.05) is 20.4 Å². The van der Waals surface area contributed by atoms with Crippen LogP contribution in [0.5, 0.6) is 0 Å². The van der Waals surface area contributed by atoms with Gasteiger partial charge in [0.1, 0.15) is 15.7 Å². The topological polar surface area (TPSA) is 95.3 Å². The second-order valence-corrected chi connectivity index (χ2v) is 8.04. The van der Waals surface area contributed by atoms with Crippen LogP contribution >= 0.6 is 11.8 Å². The molecule has 0 aromatic carbocycles. The normalized spacial score (nSPS) is 11.6. The molecule has 10 heteroatoms. The lowest BCUT2D eigenvalue weighted by molar-refractivity contribution is 0.0785. The minimum Gasteiger partial charge on any atom is -0.382 e. The van der Waals surface area contributed by atoms with E-state index in [4.69, 9.17) is 9.47 Å². The Morgan fingerprint density at radius 1 is 1.28 bits per heavy atom. The number of sulfonamides is 1. The quantitative estimate of drug-likeness (QED) is 0.621. The van der Waals surface area contributed by atoms with Crippen molar-refractivity contribution in [3.8, 4) is 0 Å². The summed E-state index contributed by atoms with van der Waals surface area (Å²) < 4.78 is 39.0. The van der Waals surface area contributed by atoms with E-state index in [0.29, 0.717) is 29.6 Å². The summed E-state index contributed by atoms with van der Waals surface area (Å²) in [6.07, 6.45) is 1.69. The molecule has 1 N–H and O–H groups in total. The molecule has 0 aliphatic rings. The molecule has 0 bridgehead atoms. The van der Waals surface area contributed by atoms with Crippen molar-refractivity contribution in [2.45, 2.75) is 17.0 Å². The first-order chi connectivity index (χ1) is 11.9. The number of hydrogen-bond acceptors (Lipinski definition) is 7. The number of methoxy groups -OCH3 is 1. The highest BCUT2D eigenvalue weighted by atomic mass is 32.2. The first kappa shape index (κ1) is 19.7. The molecule has 0 atom stereocenters. The van der Waals surface area contributed by atoms with Crippen LogP contribution in [0.3, 0.4) is 0 Å². The van der Waals surface area contributed by atoms with Crippen molar-refractivity contribution in [3.63, 3.8) is 0 Å². The van der Waals surface area contributed by atoms with Crippen LogP contribution in [0, 0.1) is 6.92 Å². The first-order valence-corrected chi connectivity index (χ1v) is 10.1. The average Bonchev–Trinajstić information content (AvgIpc) is 2.82. The minimum atomic E-state index is -3.55. The third kappa shape index (κ3) is 5.99. The molecule has 0 saturated carbocycles. The molecule has 0 fully saturated rings. The van der Waals surface area contributed by atoms with Crippen molar-refractivity contribution in [3.05, 3.63) is 30.1 Å². The maximum Gasteiger partial charge on any atom is 0.235 e. The van der Waals surface area contributed by atoms with Gasteiger partial charge in [-0.1, -0.05) is 6.07 Å². The van der Waals surface area contributed by atoms with Crippen LogP contribution in [-0.4, -0.2) is 55.9 Å². The van der Waals surface area contributed by atoms with Gasteiger partial charge < -0.3 is 9.47 Å². The van der Waals surface area contributed by atoms with E-state index in [1.165, 1.54) is 11.8 Å². The van der Waals surface area contributed by atoms with Gasteiger partial charge in [-0.3, -0.25) is 9.40 Å². The molecule has 2 aromatic rings.